The fourth-order valence-corrected chi connectivity index (χ4v) is 2.65. The molecule has 0 spiro atoms. The zero-order valence-corrected chi connectivity index (χ0v) is 11.6. The third kappa shape index (κ3) is 2.78. The first kappa shape index (κ1) is 13.4. The summed E-state index contributed by atoms with van der Waals surface area (Å²) in [7, 11) is 0. The minimum absolute atomic E-state index is 0.229. The smallest absolute Gasteiger partial charge is 0.209 e. The highest BCUT2D eigenvalue weighted by Crippen LogP contribution is 2.27. The molecule has 5 heteroatoms. The number of benzene rings is 1. The van der Waals surface area contributed by atoms with Gasteiger partial charge in [0.1, 0.15) is 5.52 Å². The summed E-state index contributed by atoms with van der Waals surface area (Å²) >= 11 is 0. The van der Waals surface area contributed by atoms with Crippen molar-refractivity contribution in [3.05, 3.63) is 24.1 Å². The Kier molecular flexibility index (Phi) is 3.89. The van der Waals surface area contributed by atoms with Gasteiger partial charge >= 0.3 is 0 Å². The second kappa shape index (κ2) is 5.81. The second-order valence-corrected chi connectivity index (χ2v) is 5.47. The molecule has 2 aromatic rings. The Bertz CT molecular complexity index is 578. The van der Waals surface area contributed by atoms with E-state index in [0.29, 0.717) is 18.3 Å². The van der Waals surface area contributed by atoms with Crippen LogP contribution in [0.1, 0.15) is 31.6 Å². The van der Waals surface area contributed by atoms with Crippen LogP contribution in [0.25, 0.3) is 11.1 Å². The van der Waals surface area contributed by atoms with Crippen LogP contribution in [0.4, 0.5) is 5.69 Å². The molecule has 3 N–H and O–H groups in total. The summed E-state index contributed by atoms with van der Waals surface area (Å²) in [5.74, 6) is 0.732. The number of aliphatic hydroxyl groups excluding tert-OH is 1. The molecule has 1 aliphatic rings. The van der Waals surface area contributed by atoms with Gasteiger partial charge in [0, 0.05) is 30.9 Å². The van der Waals surface area contributed by atoms with Crippen molar-refractivity contribution in [2.75, 3.05) is 18.9 Å². The maximum absolute atomic E-state index is 9.02. The van der Waals surface area contributed by atoms with Crippen LogP contribution >= 0.6 is 0 Å². The van der Waals surface area contributed by atoms with Gasteiger partial charge in [-0.2, -0.15) is 0 Å². The second-order valence-electron chi connectivity index (χ2n) is 5.47. The lowest BCUT2D eigenvalue weighted by Gasteiger charge is -2.36. The molecule has 1 aliphatic carbocycles. The monoisotopic (exact) mass is 275 g/mol. The number of rotatable bonds is 6. The molecule has 0 radical (unpaired) electrons. The summed E-state index contributed by atoms with van der Waals surface area (Å²) in [5.41, 5.74) is 8.04. The van der Waals surface area contributed by atoms with Crippen molar-refractivity contribution in [2.45, 2.75) is 38.3 Å². The molecule has 0 aliphatic heterocycles. The van der Waals surface area contributed by atoms with E-state index in [2.05, 4.69) is 9.88 Å². The summed E-state index contributed by atoms with van der Waals surface area (Å²) < 4.78 is 5.78. The van der Waals surface area contributed by atoms with Gasteiger partial charge in [0.25, 0.3) is 0 Å². The van der Waals surface area contributed by atoms with Crippen molar-refractivity contribution in [2.24, 2.45) is 0 Å². The van der Waals surface area contributed by atoms with Crippen molar-refractivity contribution in [3.8, 4) is 0 Å². The lowest BCUT2D eigenvalue weighted by molar-refractivity contribution is 0.100. The van der Waals surface area contributed by atoms with E-state index in [-0.39, 0.29) is 6.61 Å². The van der Waals surface area contributed by atoms with Crippen LogP contribution in [0, 0.1) is 0 Å². The summed E-state index contributed by atoms with van der Waals surface area (Å²) in [6.45, 7) is 1.83. The number of aromatic nitrogens is 1. The number of fused-ring (bicyclic) bond motifs is 1. The minimum atomic E-state index is 0.229. The number of anilines is 1. The van der Waals surface area contributed by atoms with Gasteiger partial charge in [0.15, 0.2) is 5.58 Å². The van der Waals surface area contributed by atoms with Crippen molar-refractivity contribution in [1.82, 2.24) is 9.88 Å². The predicted molar refractivity (Wildman–Crippen MR) is 78.2 cm³/mol. The van der Waals surface area contributed by atoms with Crippen LogP contribution in [0.15, 0.2) is 22.6 Å². The van der Waals surface area contributed by atoms with Crippen LogP contribution in [0.2, 0.25) is 0 Å². The third-order valence-corrected chi connectivity index (χ3v) is 3.99. The Morgan fingerprint density at radius 3 is 2.95 bits per heavy atom. The van der Waals surface area contributed by atoms with E-state index in [0.717, 1.165) is 30.0 Å². The molecule has 1 aromatic carbocycles. The van der Waals surface area contributed by atoms with E-state index >= 15 is 0 Å². The van der Waals surface area contributed by atoms with Crippen LogP contribution in [-0.4, -0.2) is 34.2 Å². The molecule has 1 saturated carbocycles. The fourth-order valence-electron chi connectivity index (χ4n) is 2.65. The molecule has 5 nitrogen and oxygen atoms in total. The Hall–Kier alpha value is -1.59. The molecule has 0 atom stereocenters. The highest BCUT2D eigenvalue weighted by molar-refractivity contribution is 5.76. The van der Waals surface area contributed by atoms with Crippen LogP contribution in [0.3, 0.4) is 0 Å². The van der Waals surface area contributed by atoms with Crippen LogP contribution in [-0.2, 0) is 6.54 Å². The summed E-state index contributed by atoms with van der Waals surface area (Å²) in [6.07, 6.45) is 4.56. The molecule has 0 saturated heterocycles. The van der Waals surface area contributed by atoms with Crippen molar-refractivity contribution >= 4 is 16.8 Å². The molecule has 1 aromatic heterocycles. The summed E-state index contributed by atoms with van der Waals surface area (Å²) in [4.78, 5) is 6.88. The van der Waals surface area contributed by atoms with Gasteiger partial charge in [-0.15, -0.1) is 0 Å². The molecular weight excluding hydrogens is 254 g/mol. The van der Waals surface area contributed by atoms with E-state index < -0.39 is 0 Å². The van der Waals surface area contributed by atoms with E-state index in [4.69, 9.17) is 15.3 Å². The normalized spacial score (nSPS) is 15.9. The Labute approximate surface area is 118 Å². The van der Waals surface area contributed by atoms with E-state index in [9.17, 15) is 0 Å². The predicted octanol–water partition coefficient (Wildman–Crippen LogP) is 2.15. The number of nitrogen functional groups attached to an aromatic ring is 1. The van der Waals surface area contributed by atoms with E-state index in [1.165, 1.54) is 19.3 Å². The first-order chi connectivity index (χ1) is 9.76. The first-order valence-corrected chi connectivity index (χ1v) is 7.26. The van der Waals surface area contributed by atoms with Gasteiger partial charge in [-0.1, -0.05) is 6.42 Å². The Balaban J connectivity index is 1.74. The molecular formula is C15H21N3O2. The minimum Gasteiger partial charge on any atom is -0.439 e. The average Bonchev–Trinajstić information content (AvgIpc) is 2.75. The molecule has 1 fully saturated rings. The van der Waals surface area contributed by atoms with Gasteiger partial charge in [-0.25, -0.2) is 4.98 Å². The largest absolute Gasteiger partial charge is 0.439 e. The molecule has 0 amide bonds. The van der Waals surface area contributed by atoms with Gasteiger partial charge in [0.05, 0.1) is 6.54 Å². The fraction of sp³-hybridized carbons (Fsp3) is 0.533. The lowest BCUT2D eigenvalue weighted by Crippen LogP contribution is -2.40. The maximum atomic E-state index is 9.02. The van der Waals surface area contributed by atoms with Crippen LogP contribution in [0.5, 0.6) is 0 Å². The van der Waals surface area contributed by atoms with Gasteiger partial charge in [0.2, 0.25) is 5.89 Å². The zero-order valence-electron chi connectivity index (χ0n) is 11.6. The number of hydrogen-bond acceptors (Lipinski definition) is 5. The first-order valence-electron chi connectivity index (χ1n) is 7.26. The topological polar surface area (TPSA) is 75.5 Å². The van der Waals surface area contributed by atoms with Gasteiger partial charge in [-0.3, -0.25) is 4.90 Å². The molecule has 20 heavy (non-hydrogen) atoms. The number of oxazole rings is 1. The Morgan fingerprint density at radius 1 is 1.40 bits per heavy atom. The van der Waals surface area contributed by atoms with Crippen molar-refractivity contribution < 1.29 is 9.52 Å². The zero-order chi connectivity index (χ0) is 13.9. The number of nitrogens with zero attached hydrogens (tertiary/aromatic N) is 2. The summed E-state index contributed by atoms with van der Waals surface area (Å²) in [5, 5.41) is 9.02. The maximum Gasteiger partial charge on any atom is 0.209 e. The molecule has 3 rings (SSSR count). The van der Waals surface area contributed by atoms with E-state index in [1.54, 1.807) is 0 Å². The SMILES string of the molecule is Nc1ccc2nc(CN(CCCO)C3CCC3)oc2c1. The number of hydrogen-bond donors (Lipinski definition) is 2. The lowest BCUT2D eigenvalue weighted by atomic mass is 9.91. The molecule has 108 valence electrons. The number of aliphatic hydroxyl groups is 1. The van der Waals surface area contributed by atoms with Crippen molar-refractivity contribution in [3.63, 3.8) is 0 Å². The molecule has 1 heterocycles. The highest BCUT2D eigenvalue weighted by Gasteiger charge is 2.25. The van der Waals surface area contributed by atoms with Gasteiger partial charge in [-0.05, 0) is 31.4 Å². The Morgan fingerprint density at radius 2 is 2.25 bits per heavy atom. The van der Waals surface area contributed by atoms with Gasteiger partial charge < -0.3 is 15.3 Å². The quantitative estimate of drug-likeness (QED) is 0.790. The molecule has 0 bridgehead atoms. The third-order valence-electron chi connectivity index (χ3n) is 3.99. The average molecular weight is 275 g/mol. The van der Waals surface area contributed by atoms with E-state index in [1.807, 2.05) is 18.2 Å². The van der Waals surface area contributed by atoms with Crippen molar-refractivity contribution in [1.29, 1.82) is 0 Å². The standard InChI is InChI=1S/C15H21N3O2/c16-11-5-6-13-14(9-11)20-15(17-13)10-18(7-2-8-19)12-3-1-4-12/h5-6,9,12,19H,1-4,7-8,10,16H2. The number of nitrogens with two attached hydrogens (primary N) is 1. The summed E-state index contributed by atoms with van der Waals surface area (Å²) in [6, 6.07) is 6.15. The highest BCUT2D eigenvalue weighted by atomic mass is 16.3. The van der Waals surface area contributed by atoms with Crippen LogP contribution < -0.4 is 5.73 Å². The molecule has 0 unspecified atom stereocenters.